The Bertz CT molecular complexity index is 581. The molecule has 2 heterocycles. The van der Waals surface area contributed by atoms with Gasteiger partial charge < -0.3 is 15.0 Å². The Hall–Kier alpha value is -1.10. The molecule has 0 spiro atoms. The molecule has 2 aromatic rings. The molecule has 0 radical (unpaired) electrons. The van der Waals surface area contributed by atoms with Gasteiger partial charge in [0.25, 0.3) is 0 Å². The molecule has 96 valence electrons. The van der Waals surface area contributed by atoms with Crippen LogP contribution in [-0.4, -0.2) is 29.7 Å². The zero-order chi connectivity index (χ0) is 12.7. The summed E-state index contributed by atoms with van der Waals surface area (Å²) >= 11 is 6.12. The Morgan fingerprint density at radius 1 is 1.44 bits per heavy atom. The molecule has 1 aromatic carbocycles. The summed E-state index contributed by atoms with van der Waals surface area (Å²) in [6.45, 7) is 2.88. The van der Waals surface area contributed by atoms with Crippen LogP contribution in [0.25, 0.3) is 11.0 Å². The highest BCUT2D eigenvalue weighted by Gasteiger charge is 2.27. The third kappa shape index (κ3) is 1.90. The number of aromatic amines is 1. The van der Waals surface area contributed by atoms with E-state index in [1.54, 1.807) is 7.11 Å². The van der Waals surface area contributed by atoms with Crippen molar-refractivity contribution in [2.24, 2.45) is 0 Å². The molecule has 0 saturated carbocycles. The highest BCUT2D eigenvalue weighted by Crippen LogP contribution is 2.28. The van der Waals surface area contributed by atoms with Crippen LogP contribution >= 0.6 is 11.6 Å². The van der Waals surface area contributed by atoms with E-state index in [1.807, 2.05) is 19.1 Å². The Labute approximate surface area is 111 Å². The van der Waals surface area contributed by atoms with Gasteiger partial charge in [-0.1, -0.05) is 11.6 Å². The summed E-state index contributed by atoms with van der Waals surface area (Å²) in [5.74, 6) is 0.968. The third-order valence-corrected chi connectivity index (χ3v) is 4.03. The maximum absolute atomic E-state index is 6.12. The van der Waals surface area contributed by atoms with Gasteiger partial charge in [0, 0.05) is 18.7 Å². The van der Waals surface area contributed by atoms with Crippen molar-refractivity contribution in [3.63, 3.8) is 0 Å². The molecule has 2 atom stereocenters. The third-order valence-electron chi connectivity index (χ3n) is 3.62. The molecule has 1 saturated heterocycles. The van der Waals surface area contributed by atoms with Crippen LogP contribution < -0.4 is 5.32 Å². The van der Waals surface area contributed by atoms with Crippen molar-refractivity contribution in [3.8, 4) is 0 Å². The van der Waals surface area contributed by atoms with Crippen molar-refractivity contribution in [2.45, 2.75) is 25.5 Å². The first-order valence-corrected chi connectivity index (χ1v) is 6.47. The van der Waals surface area contributed by atoms with Crippen molar-refractivity contribution < 1.29 is 4.74 Å². The molecule has 4 nitrogen and oxygen atoms in total. The molecule has 5 heteroatoms. The van der Waals surface area contributed by atoms with E-state index in [2.05, 4.69) is 15.3 Å². The number of nitrogens with zero attached hydrogens (tertiary/aromatic N) is 1. The summed E-state index contributed by atoms with van der Waals surface area (Å²) in [5.41, 5.74) is 3.05. The number of aromatic nitrogens is 2. The summed E-state index contributed by atoms with van der Waals surface area (Å²) in [6.07, 6.45) is 1.22. The molecule has 0 unspecified atom stereocenters. The quantitative estimate of drug-likeness (QED) is 0.878. The summed E-state index contributed by atoms with van der Waals surface area (Å²) in [7, 11) is 1.75. The average molecular weight is 266 g/mol. The minimum atomic E-state index is 0.237. The summed E-state index contributed by atoms with van der Waals surface area (Å²) < 4.78 is 5.35. The van der Waals surface area contributed by atoms with Gasteiger partial charge in [0.2, 0.25) is 0 Å². The van der Waals surface area contributed by atoms with E-state index in [4.69, 9.17) is 16.3 Å². The molecule has 1 fully saturated rings. The van der Waals surface area contributed by atoms with Gasteiger partial charge >= 0.3 is 0 Å². The number of fused-ring (bicyclic) bond motifs is 1. The second kappa shape index (κ2) is 4.53. The summed E-state index contributed by atoms with van der Waals surface area (Å²) in [5, 5.41) is 4.19. The largest absolute Gasteiger partial charge is 0.380 e. The maximum atomic E-state index is 6.12. The molecule has 0 amide bonds. The standard InChI is InChI=1S/C13H16ClN3O/c1-7-9(14)3-4-10-12(7)17-13(16-10)11-5-8(18-2)6-15-11/h3-4,8,11,15H,5-6H2,1-2H3,(H,16,17)/t8-,11-/m0/s1. The molecule has 2 N–H and O–H groups in total. The molecular formula is C13H16ClN3O. The molecule has 18 heavy (non-hydrogen) atoms. The van der Waals surface area contributed by atoms with E-state index < -0.39 is 0 Å². The number of hydrogen-bond donors (Lipinski definition) is 2. The molecule has 3 rings (SSSR count). The van der Waals surface area contributed by atoms with E-state index in [0.29, 0.717) is 0 Å². The minimum absolute atomic E-state index is 0.237. The Balaban J connectivity index is 1.97. The Morgan fingerprint density at radius 3 is 3.00 bits per heavy atom. The van der Waals surface area contributed by atoms with Gasteiger partial charge in [-0.2, -0.15) is 0 Å². The maximum Gasteiger partial charge on any atom is 0.124 e. The lowest BCUT2D eigenvalue weighted by Gasteiger charge is -2.06. The van der Waals surface area contributed by atoms with E-state index in [1.165, 1.54) is 0 Å². The number of halogens is 1. The first-order valence-electron chi connectivity index (χ1n) is 6.10. The van der Waals surface area contributed by atoms with E-state index >= 15 is 0 Å². The summed E-state index contributed by atoms with van der Waals surface area (Å²) in [4.78, 5) is 8.01. The first kappa shape index (κ1) is 12.0. The highest BCUT2D eigenvalue weighted by atomic mass is 35.5. The fourth-order valence-corrected chi connectivity index (χ4v) is 2.62. The van der Waals surface area contributed by atoms with Crippen molar-refractivity contribution in [1.82, 2.24) is 15.3 Å². The lowest BCUT2D eigenvalue weighted by molar-refractivity contribution is 0.117. The van der Waals surface area contributed by atoms with E-state index in [9.17, 15) is 0 Å². The lowest BCUT2D eigenvalue weighted by atomic mass is 10.2. The van der Waals surface area contributed by atoms with Crippen LogP contribution in [0, 0.1) is 6.92 Å². The molecule has 1 aliphatic heterocycles. The number of aryl methyl sites for hydroxylation is 1. The Morgan fingerprint density at radius 2 is 2.28 bits per heavy atom. The second-order valence-electron chi connectivity index (χ2n) is 4.74. The van der Waals surface area contributed by atoms with Crippen molar-refractivity contribution in [2.75, 3.05) is 13.7 Å². The summed E-state index contributed by atoms with van der Waals surface area (Å²) in [6, 6.07) is 4.08. The predicted octanol–water partition coefficient (Wildman–Crippen LogP) is 2.57. The van der Waals surface area contributed by atoms with Gasteiger partial charge in [0.15, 0.2) is 0 Å². The van der Waals surface area contributed by atoms with Gasteiger partial charge in [-0.05, 0) is 31.0 Å². The number of benzene rings is 1. The number of hydrogen-bond acceptors (Lipinski definition) is 3. The van der Waals surface area contributed by atoms with Gasteiger partial charge in [-0.25, -0.2) is 4.98 Å². The monoisotopic (exact) mass is 265 g/mol. The minimum Gasteiger partial charge on any atom is -0.380 e. The second-order valence-corrected chi connectivity index (χ2v) is 5.15. The highest BCUT2D eigenvalue weighted by molar-refractivity contribution is 6.32. The Kier molecular flexibility index (Phi) is 3.01. The van der Waals surface area contributed by atoms with Gasteiger partial charge in [-0.3, -0.25) is 0 Å². The van der Waals surface area contributed by atoms with Crippen LogP contribution in [0.15, 0.2) is 12.1 Å². The average Bonchev–Trinajstić information content (AvgIpc) is 2.99. The fourth-order valence-electron chi connectivity index (χ4n) is 2.46. The van der Waals surface area contributed by atoms with Crippen LogP contribution in [-0.2, 0) is 4.74 Å². The molecule has 0 bridgehead atoms. The van der Waals surface area contributed by atoms with Crippen LogP contribution in [0.2, 0.25) is 5.02 Å². The van der Waals surface area contributed by atoms with Crippen LogP contribution in [0.1, 0.15) is 23.9 Å². The smallest absolute Gasteiger partial charge is 0.124 e. The molecule has 1 aromatic heterocycles. The zero-order valence-corrected chi connectivity index (χ0v) is 11.2. The van der Waals surface area contributed by atoms with E-state index in [-0.39, 0.29) is 12.1 Å². The number of methoxy groups -OCH3 is 1. The SMILES string of the molecule is CO[C@@H]1CN[C@H](c2nc3ccc(Cl)c(C)c3[nH]2)C1. The zero-order valence-electron chi connectivity index (χ0n) is 10.5. The number of imidazole rings is 1. The predicted molar refractivity (Wildman–Crippen MR) is 72.0 cm³/mol. The number of ether oxygens (including phenoxy) is 1. The van der Waals surface area contributed by atoms with Gasteiger partial charge in [0.1, 0.15) is 5.82 Å². The fraction of sp³-hybridized carbons (Fsp3) is 0.462. The molecular weight excluding hydrogens is 250 g/mol. The molecule has 1 aliphatic rings. The number of rotatable bonds is 2. The number of H-pyrrole nitrogens is 1. The normalized spacial score (nSPS) is 23.9. The van der Waals surface area contributed by atoms with Crippen molar-refractivity contribution >= 4 is 22.6 Å². The first-order chi connectivity index (χ1) is 8.69. The molecule has 0 aliphatic carbocycles. The van der Waals surface area contributed by atoms with E-state index in [0.717, 1.165) is 40.4 Å². The van der Waals surface area contributed by atoms with Crippen molar-refractivity contribution in [3.05, 3.63) is 28.5 Å². The van der Waals surface area contributed by atoms with Crippen molar-refractivity contribution in [1.29, 1.82) is 0 Å². The van der Waals surface area contributed by atoms with Crippen LogP contribution in [0.3, 0.4) is 0 Å². The van der Waals surface area contributed by atoms with Crippen LogP contribution in [0.4, 0.5) is 0 Å². The number of nitrogens with one attached hydrogen (secondary N) is 2. The topological polar surface area (TPSA) is 49.9 Å². The lowest BCUT2D eigenvalue weighted by Crippen LogP contribution is -2.16. The van der Waals surface area contributed by atoms with Gasteiger partial charge in [-0.15, -0.1) is 0 Å². The van der Waals surface area contributed by atoms with Crippen LogP contribution in [0.5, 0.6) is 0 Å². The van der Waals surface area contributed by atoms with Gasteiger partial charge in [0.05, 0.1) is 23.2 Å².